The Bertz CT molecular complexity index is 683. The van der Waals surface area contributed by atoms with E-state index in [0.29, 0.717) is 48.4 Å². The van der Waals surface area contributed by atoms with Crippen LogP contribution in [-0.2, 0) is 9.59 Å². The number of ether oxygens (including phenoxy) is 2. The van der Waals surface area contributed by atoms with Crippen molar-refractivity contribution in [3.05, 3.63) is 17.2 Å². The van der Waals surface area contributed by atoms with Crippen molar-refractivity contribution in [2.75, 3.05) is 38.2 Å². The minimum Gasteiger partial charge on any atom is -0.490 e. The minimum absolute atomic E-state index is 0.152. The summed E-state index contributed by atoms with van der Waals surface area (Å²) in [7, 11) is 0. The summed E-state index contributed by atoms with van der Waals surface area (Å²) in [5.41, 5.74) is 5.79. The highest BCUT2D eigenvalue weighted by molar-refractivity contribution is 6.34. The van der Waals surface area contributed by atoms with Gasteiger partial charge in [0.15, 0.2) is 11.5 Å². The van der Waals surface area contributed by atoms with E-state index in [4.69, 9.17) is 26.8 Å². The van der Waals surface area contributed by atoms with E-state index >= 15 is 0 Å². The highest BCUT2D eigenvalue weighted by Gasteiger charge is 2.23. The molecule has 3 rings (SSSR count). The summed E-state index contributed by atoms with van der Waals surface area (Å²) in [6.45, 7) is 2.93. The fourth-order valence-corrected chi connectivity index (χ4v) is 3.62. The van der Waals surface area contributed by atoms with Crippen LogP contribution in [0.5, 0.6) is 11.5 Å². The summed E-state index contributed by atoms with van der Waals surface area (Å²) in [6, 6.07) is 3.37. The Morgan fingerprint density at radius 2 is 1.96 bits per heavy atom. The second kappa shape index (κ2) is 8.60. The number of hydrogen-bond donors (Lipinski definition) is 2. The number of benzene rings is 1. The number of amides is 2. The van der Waals surface area contributed by atoms with E-state index < -0.39 is 0 Å². The molecule has 0 unspecified atom stereocenters. The second-order valence-corrected chi connectivity index (χ2v) is 7.20. The van der Waals surface area contributed by atoms with Gasteiger partial charge in [-0.25, -0.2) is 0 Å². The fraction of sp³-hybridized carbons (Fsp3) is 0.556. The van der Waals surface area contributed by atoms with Gasteiger partial charge in [0.1, 0.15) is 0 Å². The van der Waals surface area contributed by atoms with Crippen molar-refractivity contribution < 1.29 is 19.1 Å². The van der Waals surface area contributed by atoms with Gasteiger partial charge >= 0.3 is 0 Å². The lowest BCUT2D eigenvalue weighted by Crippen LogP contribution is -2.41. The molecule has 0 aromatic heterocycles. The Balaban J connectivity index is 1.59. The van der Waals surface area contributed by atoms with Crippen molar-refractivity contribution in [1.29, 1.82) is 0 Å². The van der Waals surface area contributed by atoms with Crippen molar-refractivity contribution >= 4 is 29.1 Å². The zero-order chi connectivity index (χ0) is 18.5. The van der Waals surface area contributed by atoms with Crippen LogP contribution in [0, 0.1) is 5.92 Å². The smallest absolute Gasteiger partial charge is 0.238 e. The molecular formula is C18H24ClN3O4. The number of piperidine rings is 1. The highest BCUT2D eigenvalue weighted by Crippen LogP contribution is 2.37. The van der Waals surface area contributed by atoms with Crippen molar-refractivity contribution in [1.82, 2.24) is 4.90 Å². The van der Waals surface area contributed by atoms with Crippen LogP contribution in [0.1, 0.15) is 25.7 Å². The first-order valence-corrected chi connectivity index (χ1v) is 9.28. The van der Waals surface area contributed by atoms with E-state index in [1.807, 2.05) is 4.90 Å². The van der Waals surface area contributed by atoms with Gasteiger partial charge in [-0.1, -0.05) is 11.6 Å². The molecule has 1 saturated heterocycles. The first kappa shape index (κ1) is 18.8. The summed E-state index contributed by atoms with van der Waals surface area (Å²) in [5, 5.41) is 3.25. The monoisotopic (exact) mass is 381 g/mol. The Labute approximate surface area is 157 Å². The summed E-state index contributed by atoms with van der Waals surface area (Å²) in [5.74, 6) is 0.953. The maximum absolute atomic E-state index is 12.4. The molecule has 0 aliphatic carbocycles. The standard InChI is InChI=1S/C18H24ClN3O4/c19-13-8-15-16(26-6-2-5-25-15)9-14(13)21-18(24)11-22-4-1-3-12(10-22)7-17(20)23/h8-9,12H,1-7,10-11H2,(H2,20,23)(H,21,24)/t12-/m1/s1. The Kier molecular flexibility index (Phi) is 6.21. The molecule has 2 heterocycles. The van der Waals surface area contributed by atoms with E-state index in [9.17, 15) is 9.59 Å². The number of halogens is 1. The number of fused-ring (bicyclic) bond motifs is 1. The van der Waals surface area contributed by atoms with Gasteiger partial charge in [-0.3, -0.25) is 14.5 Å². The van der Waals surface area contributed by atoms with Crippen molar-refractivity contribution in [3.63, 3.8) is 0 Å². The van der Waals surface area contributed by atoms with E-state index in [1.165, 1.54) is 0 Å². The number of likely N-dealkylation sites (tertiary alicyclic amines) is 1. The van der Waals surface area contributed by atoms with Gasteiger partial charge in [-0.2, -0.15) is 0 Å². The maximum atomic E-state index is 12.4. The number of nitrogens with two attached hydrogens (primary N) is 1. The first-order chi connectivity index (χ1) is 12.5. The normalized spacial score (nSPS) is 20.3. The van der Waals surface area contributed by atoms with Crippen LogP contribution in [0.4, 0.5) is 5.69 Å². The number of carbonyl (C=O) groups is 2. The predicted molar refractivity (Wildman–Crippen MR) is 98.7 cm³/mol. The lowest BCUT2D eigenvalue weighted by Gasteiger charge is -2.31. The number of rotatable bonds is 5. The average Bonchev–Trinajstić information content (AvgIpc) is 2.79. The Morgan fingerprint density at radius 1 is 1.23 bits per heavy atom. The van der Waals surface area contributed by atoms with Crippen LogP contribution in [0.3, 0.4) is 0 Å². The van der Waals surface area contributed by atoms with E-state index in [-0.39, 0.29) is 24.3 Å². The number of anilines is 1. The van der Waals surface area contributed by atoms with Crippen LogP contribution in [-0.4, -0.2) is 49.6 Å². The van der Waals surface area contributed by atoms with Gasteiger partial charge in [-0.05, 0) is 25.3 Å². The maximum Gasteiger partial charge on any atom is 0.238 e. The van der Waals surface area contributed by atoms with E-state index in [2.05, 4.69) is 5.32 Å². The molecule has 2 aliphatic rings. The molecule has 26 heavy (non-hydrogen) atoms. The second-order valence-electron chi connectivity index (χ2n) is 6.79. The molecule has 1 atom stereocenters. The quantitative estimate of drug-likeness (QED) is 0.813. The van der Waals surface area contributed by atoms with Crippen LogP contribution in [0.2, 0.25) is 5.02 Å². The molecule has 1 aromatic rings. The van der Waals surface area contributed by atoms with Gasteiger partial charge in [-0.15, -0.1) is 0 Å². The zero-order valence-corrected chi connectivity index (χ0v) is 15.4. The lowest BCUT2D eigenvalue weighted by molar-refractivity contribution is -0.119. The predicted octanol–water partition coefficient (Wildman–Crippen LogP) is 2.03. The van der Waals surface area contributed by atoms with Crippen molar-refractivity contribution in [2.24, 2.45) is 11.7 Å². The van der Waals surface area contributed by atoms with Gasteiger partial charge in [0.2, 0.25) is 11.8 Å². The van der Waals surface area contributed by atoms with Crippen LogP contribution < -0.4 is 20.5 Å². The van der Waals surface area contributed by atoms with Gasteiger partial charge < -0.3 is 20.5 Å². The summed E-state index contributed by atoms with van der Waals surface area (Å²) < 4.78 is 11.2. The lowest BCUT2D eigenvalue weighted by atomic mass is 9.94. The highest BCUT2D eigenvalue weighted by atomic mass is 35.5. The number of nitrogens with one attached hydrogen (secondary N) is 1. The number of carbonyl (C=O) groups excluding carboxylic acids is 2. The third-order valence-corrected chi connectivity index (χ3v) is 4.88. The molecule has 8 heteroatoms. The molecule has 0 bridgehead atoms. The average molecular weight is 382 g/mol. The molecule has 142 valence electrons. The molecule has 2 amide bonds. The number of primary amides is 1. The van der Waals surface area contributed by atoms with Crippen LogP contribution in [0.15, 0.2) is 12.1 Å². The molecule has 3 N–H and O–H groups in total. The summed E-state index contributed by atoms with van der Waals surface area (Å²) >= 11 is 6.27. The first-order valence-electron chi connectivity index (χ1n) is 8.91. The van der Waals surface area contributed by atoms with E-state index in [0.717, 1.165) is 25.8 Å². The third kappa shape index (κ3) is 5.02. The fourth-order valence-electron chi connectivity index (χ4n) is 3.42. The zero-order valence-electron chi connectivity index (χ0n) is 14.6. The molecule has 0 radical (unpaired) electrons. The van der Waals surface area contributed by atoms with Crippen LogP contribution in [0.25, 0.3) is 0 Å². The van der Waals surface area contributed by atoms with Crippen molar-refractivity contribution in [2.45, 2.75) is 25.7 Å². The molecule has 2 aliphatic heterocycles. The largest absolute Gasteiger partial charge is 0.490 e. The van der Waals surface area contributed by atoms with Crippen LogP contribution >= 0.6 is 11.6 Å². The molecular weight excluding hydrogens is 358 g/mol. The Hall–Kier alpha value is -1.99. The summed E-state index contributed by atoms with van der Waals surface area (Å²) in [6.07, 6.45) is 3.09. The molecule has 1 aromatic carbocycles. The SMILES string of the molecule is NC(=O)C[C@H]1CCCN(CC(=O)Nc2cc3c(cc2Cl)OCCCO3)C1. The minimum atomic E-state index is -0.291. The van der Waals surface area contributed by atoms with Crippen molar-refractivity contribution in [3.8, 4) is 11.5 Å². The molecule has 0 spiro atoms. The molecule has 1 fully saturated rings. The topological polar surface area (TPSA) is 93.9 Å². The van der Waals surface area contributed by atoms with Gasteiger partial charge in [0.25, 0.3) is 0 Å². The third-order valence-electron chi connectivity index (χ3n) is 4.57. The Morgan fingerprint density at radius 3 is 2.69 bits per heavy atom. The van der Waals surface area contributed by atoms with Gasteiger partial charge in [0, 0.05) is 31.5 Å². The summed E-state index contributed by atoms with van der Waals surface area (Å²) in [4.78, 5) is 25.6. The van der Waals surface area contributed by atoms with Gasteiger partial charge in [0.05, 0.1) is 30.5 Å². The number of nitrogens with zero attached hydrogens (tertiary/aromatic N) is 1. The molecule has 0 saturated carbocycles. The number of hydrogen-bond acceptors (Lipinski definition) is 5. The van der Waals surface area contributed by atoms with E-state index in [1.54, 1.807) is 12.1 Å². The molecule has 7 nitrogen and oxygen atoms in total.